The summed E-state index contributed by atoms with van der Waals surface area (Å²) in [4.78, 5) is 36.4. The molecule has 28 heavy (non-hydrogen) atoms. The SMILES string of the molecule is CCCCNC(=O)OC1CN(c2cc(F)c(C3CCC(=O)NC3=O)c(F)c2)C1. The van der Waals surface area contributed by atoms with Crippen molar-refractivity contribution >= 4 is 23.6 Å². The third-order valence-electron chi connectivity index (χ3n) is 4.94. The topological polar surface area (TPSA) is 87.7 Å². The van der Waals surface area contributed by atoms with Crippen LogP contribution in [-0.2, 0) is 14.3 Å². The fourth-order valence-corrected chi connectivity index (χ4v) is 3.34. The van der Waals surface area contributed by atoms with Crippen LogP contribution in [0.2, 0.25) is 0 Å². The fraction of sp³-hybridized carbons (Fsp3) is 0.526. The number of nitrogens with one attached hydrogen (secondary N) is 2. The summed E-state index contributed by atoms with van der Waals surface area (Å²) in [5.41, 5.74) is -0.00494. The lowest BCUT2D eigenvalue weighted by atomic mass is 9.89. The Labute approximate surface area is 161 Å². The lowest BCUT2D eigenvalue weighted by molar-refractivity contribution is -0.134. The number of halogens is 2. The molecule has 3 rings (SSSR count). The van der Waals surface area contributed by atoms with Crippen LogP contribution in [-0.4, -0.2) is 43.6 Å². The van der Waals surface area contributed by atoms with Crippen LogP contribution in [0, 0.1) is 11.6 Å². The van der Waals surface area contributed by atoms with Gasteiger partial charge in [-0.25, -0.2) is 13.6 Å². The molecule has 9 heteroatoms. The van der Waals surface area contributed by atoms with Crippen LogP contribution < -0.4 is 15.5 Å². The highest BCUT2D eigenvalue weighted by Crippen LogP contribution is 2.33. The molecule has 2 fully saturated rings. The molecule has 7 nitrogen and oxygen atoms in total. The highest BCUT2D eigenvalue weighted by atomic mass is 19.1. The van der Waals surface area contributed by atoms with Gasteiger partial charge in [-0.1, -0.05) is 13.3 Å². The van der Waals surface area contributed by atoms with Gasteiger partial charge in [-0.3, -0.25) is 14.9 Å². The number of anilines is 1. The third-order valence-corrected chi connectivity index (χ3v) is 4.94. The number of imide groups is 1. The summed E-state index contributed by atoms with van der Waals surface area (Å²) in [6.07, 6.45) is 1.10. The summed E-state index contributed by atoms with van der Waals surface area (Å²) in [6.45, 7) is 3.22. The number of hydrogen-bond acceptors (Lipinski definition) is 5. The first kappa shape index (κ1) is 20.0. The molecule has 0 bridgehead atoms. The number of ether oxygens (including phenoxy) is 1. The molecule has 0 aromatic heterocycles. The predicted octanol–water partition coefficient (Wildman–Crippen LogP) is 2.20. The van der Waals surface area contributed by atoms with Crippen molar-refractivity contribution < 1.29 is 27.9 Å². The monoisotopic (exact) mass is 395 g/mol. The second kappa shape index (κ2) is 8.53. The van der Waals surface area contributed by atoms with Gasteiger partial charge in [-0.15, -0.1) is 0 Å². The molecule has 1 atom stereocenters. The molecule has 2 aliphatic heterocycles. The number of carbonyl (C=O) groups excluding carboxylic acids is 3. The molecule has 1 aromatic carbocycles. The van der Waals surface area contributed by atoms with Crippen molar-refractivity contribution in [2.24, 2.45) is 0 Å². The number of amides is 3. The van der Waals surface area contributed by atoms with E-state index in [-0.39, 0.29) is 24.5 Å². The zero-order valence-electron chi connectivity index (χ0n) is 15.6. The van der Waals surface area contributed by atoms with Crippen LogP contribution in [0.25, 0.3) is 0 Å². The summed E-state index contributed by atoms with van der Waals surface area (Å²) in [5, 5.41) is 4.75. The first-order chi connectivity index (χ1) is 13.4. The normalized spacial score (nSPS) is 19.8. The lowest BCUT2D eigenvalue weighted by Gasteiger charge is -2.40. The van der Waals surface area contributed by atoms with E-state index in [4.69, 9.17) is 4.74 Å². The number of unbranched alkanes of at least 4 members (excludes halogenated alkanes) is 1. The second-order valence-electron chi connectivity index (χ2n) is 7.04. The van der Waals surface area contributed by atoms with Crippen LogP contribution in [0.3, 0.4) is 0 Å². The summed E-state index contributed by atoms with van der Waals surface area (Å²) >= 11 is 0. The van der Waals surface area contributed by atoms with Crippen LogP contribution in [0.5, 0.6) is 0 Å². The number of carbonyl (C=O) groups is 3. The van der Waals surface area contributed by atoms with E-state index in [0.29, 0.717) is 25.3 Å². The van der Waals surface area contributed by atoms with E-state index < -0.39 is 35.5 Å². The number of hydrogen-bond donors (Lipinski definition) is 2. The number of nitrogens with zero attached hydrogens (tertiary/aromatic N) is 1. The average molecular weight is 395 g/mol. The first-order valence-electron chi connectivity index (χ1n) is 9.41. The quantitative estimate of drug-likeness (QED) is 0.570. The lowest BCUT2D eigenvalue weighted by Crippen LogP contribution is -2.54. The molecule has 2 saturated heterocycles. The fourth-order valence-electron chi connectivity index (χ4n) is 3.34. The van der Waals surface area contributed by atoms with Crippen molar-refractivity contribution in [2.45, 2.75) is 44.6 Å². The van der Waals surface area contributed by atoms with E-state index in [9.17, 15) is 23.2 Å². The van der Waals surface area contributed by atoms with Crippen LogP contribution in [0.4, 0.5) is 19.3 Å². The maximum Gasteiger partial charge on any atom is 0.407 e. The molecule has 0 radical (unpaired) electrons. The number of rotatable bonds is 6. The van der Waals surface area contributed by atoms with Gasteiger partial charge in [-0.2, -0.15) is 0 Å². The van der Waals surface area contributed by atoms with Gasteiger partial charge in [0.1, 0.15) is 17.7 Å². The number of alkyl carbamates (subject to hydrolysis) is 1. The molecule has 0 aliphatic carbocycles. The van der Waals surface area contributed by atoms with E-state index in [1.54, 1.807) is 4.90 Å². The smallest absolute Gasteiger partial charge is 0.407 e. The Bertz CT molecular complexity index is 757. The molecule has 3 amide bonds. The molecule has 2 N–H and O–H groups in total. The van der Waals surface area contributed by atoms with E-state index >= 15 is 0 Å². The third kappa shape index (κ3) is 4.40. The zero-order chi connectivity index (χ0) is 20.3. The van der Waals surface area contributed by atoms with Crippen molar-refractivity contribution in [3.63, 3.8) is 0 Å². The summed E-state index contributed by atoms with van der Waals surface area (Å²) in [7, 11) is 0. The molecule has 152 valence electrons. The van der Waals surface area contributed by atoms with Gasteiger partial charge in [0.05, 0.1) is 19.0 Å². The maximum absolute atomic E-state index is 14.5. The van der Waals surface area contributed by atoms with Crippen molar-refractivity contribution in [1.29, 1.82) is 0 Å². The standard InChI is InChI=1S/C19H23F2N3O4/c1-2-3-6-22-19(27)28-12-9-24(10-12)11-7-14(20)17(15(21)8-11)13-4-5-16(25)23-18(13)26/h7-8,12-13H,2-6,9-10H2,1H3,(H,22,27)(H,23,25,26). The second-order valence-corrected chi connectivity index (χ2v) is 7.04. The van der Waals surface area contributed by atoms with Gasteiger partial charge >= 0.3 is 6.09 Å². The summed E-state index contributed by atoms with van der Waals surface area (Å²) in [5.74, 6) is -3.80. The van der Waals surface area contributed by atoms with Crippen molar-refractivity contribution in [3.8, 4) is 0 Å². The molecule has 0 spiro atoms. The van der Waals surface area contributed by atoms with Crippen LogP contribution >= 0.6 is 0 Å². The number of benzene rings is 1. The van der Waals surface area contributed by atoms with Crippen LogP contribution in [0.15, 0.2) is 12.1 Å². The molecule has 0 saturated carbocycles. The highest BCUT2D eigenvalue weighted by Gasteiger charge is 2.35. The van der Waals surface area contributed by atoms with Crippen molar-refractivity contribution in [1.82, 2.24) is 10.6 Å². The molecular formula is C19H23F2N3O4. The minimum Gasteiger partial charge on any atom is -0.442 e. The molecule has 2 heterocycles. The van der Waals surface area contributed by atoms with Crippen molar-refractivity contribution in [2.75, 3.05) is 24.5 Å². The van der Waals surface area contributed by atoms with Crippen molar-refractivity contribution in [3.05, 3.63) is 29.3 Å². The van der Waals surface area contributed by atoms with Gasteiger partial charge in [-0.05, 0) is 25.0 Å². The zero-order valence-corrected chi connectivity index (χ0v) is 15.6. The minimum absolute atomic E-state index is 0.0441. The summed E-state index contributed by atoms with van der Waals surface area (Å²) < 4.78 is 34.3. The Hall–Kier alpha value is -2.71. The van der Waals surface area contributed by atoms with E-state index in [2.05, 4.69) is 10.6 Å². The minimum atomic E-state index is -1.02. The van der Waals surface area contributed by atoms with Gasteiger partial charge < -0.3 is 15.0 Å². The van der Waals surface area contributed by atoms with Gasteiger partial charge in [0.2, 0.25) is 11.8 Å². The Kier molecular flexibility index (Phi) is 6.11. The number of piperidine rings is 1. The molecule has 2 aliphatic rings. The van der Waals surface area contributed by atoms with E-state index in [0.717, 1.165) is 12.8 Å². The van der Waals surface area contributed by atoms with Gasteiger partial charge in [0, 0.05) is 24.2 Å². The molecule has 1 unspecified atom stereocenters. The van der Waals surface area contributed by atoms with Gasteiger partial charge in [0.15, 0.2) is 0 Å². The van der Waals surface area contributed by atoms with Gasteiger partial charge in [0.25, 0.3) is 0 Å². The Morgan fingerprint density at radius 3 is 2.57 bits per heavy atom. The molecular weight excluding hydrogens is 372 g/mol. The van der Waals surface area contributed by atoms with E-state index in [1.165, 1.54) is 12.1 Å². The highest BCUT2D eigenvalue weighted by molar-refractivity contribution is 6.01. The Balaban J connectivity index is 1.59. The maximum atomic E-state index is 14.5. The largest absolute Gasteiger partial charge is 0.442 e. The predicted molar refractivity (Wildman–Crippen MR) is 96.9 cm³/mol. The first-order valence-corrected chi connectivity index (χ1v) is 9.41. The average Bonchev–Trinajstić information content (AvgIpc) is 2.59. The Morgan fingerprint density at radius 2 is 1.96 bits per heavy atom. The van der Waals surface area contributed by atoms with E-state index in [1.807, 2.05) is 6.92 Å². The summed E-state index contributed by atoms with van der Waals surface area (Å²) in [6, 6.07) is 2.33. The molecule has 1 aromatic rings. The van der Waals surface area contributed by atoms with Crippen LogP contribution in [0.1, 0.15) is 44.1 Å². The Morgan fingerprint density at radius 1 is 1.29 bits per heavy atom.